The molecule has 0 spiro atoms. The number of nitrogens with one attached hydrogen (secondary N) is 2. The lowest BCUT2D eigenvalue weighted by Crippen LogP contribution is -2.39. The van der Waals surface area contributed by atoms with Crippen molar-refractivity contribution in [1.82, 2.24) is 14.9 Å². The fourth-order valence-corrected chi connectivity index (χ4v) is 4.38. The molecule has 166 valence electrons. The summed E-state index contributed by atoms with van der Waals surface area (Å²) in [5.41, 5.74) is 13.8. The number of hydrogen-bond acceptors (Lipinski definition) is 8. The lowest BCUT2D eigenvalue weighted by molar-refractivity contribution is 0.0997. The summed E-state index contributed by atoms with van der Waals surface area (Å²) in [6, 6.07) is 11.3. The molecule has 0 unspecified atom stereocenters. The van der Waals surface area contributed by atoms with Gasteiger partial charge in [0.25, 0.3) is 11.8 Å². The molecule has 1 fully saturated rings. The van der Waals surface area contributed by atoms with Gasteiger partial charge >= 0.3 is 0 Å². The molecule has 1 aromatic carbocycles. The van der Waals surface area contributed by atoms with Gasteiger partial charge in [-0.1, -0.05) is 23.5 Å². The fraction of sp³-hybridized carbons (Fsp3) is 0.273. The molecule has 0 atom stereocenters. The molecule has 1 saturated heterocycles. The van der Waals surface area contributed by atoms with Crippen molar-refractivity contribution in [3.05, 3.63) is 65.6 Å². The minimum atomic E-state index is -0.715. The van der Waals surface area contributed by atoms with E-state index >= 15 is 0 Å². The molecular formula is C22H25N7O2S. The van der Waals surface area contributed by atoms with E-state index < -0.39 is 5.91 Å². The molecule has 1 aliphatic heterocycles. The first-order chi connectivity index (χ1) is 15.5. The number of carbonyl (C=O) groups excluding carboxylic acids is 2. The minimum Gasteiger partial charge on any atom is -0.364 e. The smallest absolute Gasteiger partial charge is 0.270 e. The van der Waals surface area contributed by atoms with Crippen molar-refractivity contribution in [2.75, 3.05) is 23.7 Å². The zero-order valence-electron chi connectivity index (χ0n) is 17.5. The van der Waals surface area contributed by atoms with Crippen molar-refractivity contribution < 1.29 is 9.59 Å². The third-order valence-electron chi connectivity index (χ3n) is 5.25. The topological polar surface area (TPSA) is 139 Å². The van der Waals surface area contributed by atoms with Gasteiger partial charge in [0.15, 0.2) is 10.8 Å². The Balaban J connectivity index is 1.42. The number of primary amides is 1. The van der Waals surface area contributed by atoms with Gasteiger partial charge in [-0.2, -0.15) is 0 Å². The molecule has 32 heavy (non-hydrogen) atoms. The maximum absolute atomic E-state index is 12.8. The van der Waals surface area contributed by atoms with Gasteiger partial charge in [-0.25, -0.2) is 4.98 Å². The number of nitrogens with two attached hydrogens (primary N) is 2. The Hall–Kier alpha value is -3.34. The SMILES string of the molecule is NC(=O)c1nc(Nc2cccnc2)sc1NC(=O)c1ccc(CN2CCC(N)CC2)cc1. The number of anilines is 3. The van der Waals surface area contributed by atoms with Crippen LogP contribution in [0, 0.1) is 0 Å². The van der Waals surface area contributed by atoms with Crippen molar-refractivity contribution in [3.8, 4) is 0 Å². The Kier molecular flexibility index (Phi) is 6.74. The van der Waals surface area contributed by atoms with Crippen LogP contribution in [-0.4, -0.2) is 45.8 Å². The Morgan fingerprint density at radius 3 is 2.56 bits per heavy atom. The zero-order valence-corrected chi connectivity index (χ0v) is 18.3. The quantitative estimate of drug-likeness (QED) is 0.433. The van der Waals surface area contributed by atoms with Crippen LogP contribution in [-0.2, 0) is 6.54 Å². The molecule has 4 rings (SSSR count). The molecule has 2 amide bonds. The predicted octanol–water partition coefficient (Wildman–Crippen LogP) is 2.56. The second-order valence-corrected chi connectivity index (χ2v) is 8.69. The summed E-state index contributed by atoms with van der Waals surface area (Å²) in [5, 5.41) is 6.53. The number of nitrogens with zero attached hydrogens (tertiary/aromatic N) is 3. The van der Waals surface area contributed by atoms with E-state index in [0.29, 0.717) is 27.4 Å². The highest BCUT2D eigenvalue weighted by molar-refractivity contribution is 7.20. The van der Waals surface area contributed by atoms with Crippen LogP contribution in [0.15, 0.2) is 48.8 Å². The van der Waals surface area contributed by atoms with Crippen LogP contribution in [0.4, 0.5) is 15.8 Å². The maximum atomic E-state index is 12.8. The normalized spacial score (nSPS) is 14.8. The van der Waals surface area contributed by atoms with Gasteiger partial charge in [0, 0.05) is 24.3 Å². The van der Waals surface area contributed by atoms with Crippen LogP contribution in [0.5, 0.6) is 0 Å². The fourth-order valence-electron chi connectivity index (χ4n) is 3.49. The molecule has 3 aromatic rings. The summed E-state index contributed by atoms with van der Waals surface area (Å²) in [7, 11) is 0. The van der Waals surface area contributed by atoms with Crippen molar-refractivity contribution >= 4 is 39.0 Å². The second kappa shape index (κ2) is 9.86. The van der Waals surface area contributed by atoms with Gasteiger partial charge in [-0.05, 0) is 55.8 Å². The Bertz CT molecular complexity index is 1080. The van der Waals surface area contributed by atoms with E-state index in [1.54, 1.807) is 30.6 Å². The number of piperidine rings is 1. The van der Waals surface area contributed by atoms with E-state index in [4.69, 9.17) is 11.5 Å². The highest BCUT2D eigenvalue weighted by atomic mass is 32.1. The molecule has 0 aliphatic carbocycles. The summed E-state index contributed by atoms with van der Waals surface area (Å²) in [4.78, 5) is 35.2. The number of thiazole rings is 1. The van der Waals surface area contributed by atoms with Crippen LogP contribution in [0.1, 0.15) is 39.3 Å². The number of hydrogen-bond donors (Lipinski definition) is 4. The van der Waals surface area contributed by atoms with E-state index in [-0.39, 0.29) is 11.6 Å². The Labute approximate surface area is 189 Å². The standard InChI is InChI=1S/C22H25N7O2S/c23-16-7-10-29(11-8-16)13-14-3-5-15(6-4-14)20(31)28-21-18(19(24)30)27-22(32-21)26-17-2-1-9-25-12-17/h1-6,9,12,16H,7-8,10-11,13,23H2,(H2,24,30)(H,26,27)(H,28,31). The van der Waals surface area contributed by atoms with Crippen molar-refractivity contribution in [2.45, 2.75) is 25.4 Å². The first-order valence-corrected chi connectivity index (χ1v) is 11.2. The minimum absolute atomic E-state index is 0.00895. The molecule has 0 bridgehead atoms. The van der Waals surface area contributed by atoms with Crippen molar-refractivity contribution in [2.24, 2.45) is 11.5 Å². The van der Waals surface area contributed by atoms with E-state index in [0.717, 1.165) is 49.4 Å². The van der Waals surface area contributed by atoms with Crippen LogP contribution in [0.25, 0.3) is 0 Å². The van der Waals surface area contributed by atoms with Crippen LogP contribution < -0.4 is 22.1 Å². The number of aromatic nitrogens is 2. The molecule has 0 saturated carbocycles. The van der Waals surface area contributed by atoms with Gasteiger partial charge in [-0.15, -0.1) is 0 Å². The average molecular weight is 452 g/mol. The van der Waals surface area contributed by atoms with Gasteiger partial charge in [0.2, 0.25) is 0 Å². The first kappa shape index (κ1) is 21.9. The van der Waals surface area contributed by atoms with E-state index in [1.807, 2.05) is 18.2 Å². The summed E-state index contributed by atoms with van der Waals surface area (Å²) in [5.74, 6) is -1.05. The largest absolute Gasteiger partial charge is 0.364 e. The third kappa shape index (κ3) is 5.47. The molecule has 3 heterocycles. The van der Waals surface area contributed by atoms with E-state index in [1.165, 1.54) is 0 Å². The number of rotatable bonds is 7. The Morgan fingerprint density at radius 1 is 1.16 bits per heavy atom. The summed E-state index contributed by atoms with van der Waals surface area (Å²) in [6.45, 7) is 2.80. The summed E-state index contributed by atoms with van der Waals surface area (Å²) < 4.78 is 0. The molecule has 10 heteroatoms. The second-order valence-electron chi connectivity index (χ2n) is 7.69. The number of benzene rings is 1. The van der Waals surface area contributed by atoms with Gasteiger partial charge < -0.3 is 22.1 Å². The van der Waals surface area contributed by atoms with Crippen LogP contribution >= 0.6 is 11.3 Å². The Morgan fingerprint density at radius 2 is 1.91 bits per heavy atom. The lowest BCUT2D eigenvalue weighted by Gasteiger charge is -2.30. The van der Waals surface area contributed by atoms with E-state index in [2.05, 4.69) is 25.5 Å². The molecule has 0 radical (unpaired) electrons. The van der Waals surface area contributed by atoms with Crippen molar-refractivity contribution in [3.63, 3.8) is 0 Å². The number of carbonyl (C=O) groups is 2. The summed E-state index contributed by atoms with van der Waals surface area (Å²) >= 11 is 1.13. The van der Waals surface area contributed by atoms with Gasteiger partial charge in [-0.3, -0.25) is 19.5 Å². The highest BCUT2D eigenvalue weighted by Gasteiger charge is 2.20. The zero-order chi connectivity index (χ0) is 22.5. The molecular weight excluding hydrogens is 426 g/mol. The average Bonchev–Trinajstić information content (AvgIpc) is 3.19. The number of likely N-dealkylation sites (tertiary alicyclic amines) is 1. The highest BCUT2D eigenvalue weighted by Crippen LogP contribution is 2.30. The summed E-state index contributed by atoms with van der Waals surface area (Å²) in [6.07, 6.45) is 5.30. The van der Waals surface area contributed by atoms with Gasteiger partial charge in [0.1, 0.15) is 5.00 Å². The van der Waals surface area contributed by atoms with Crippen LogP contribution in [0.2, 0.25) is 0 Å². The van der Waals surface area contributed by atoms with Gasteiger partial charge in [0.05, 0.1) is 11.9 Å². The lowest BCUT2D eigenvalue weighted by atomic mass is 10.0. The number of amides is 2. The maximum Gasteiger partial charge on any atom is 0.270 e. The number of pyridine rings is 1. The third-order valence-corrected chi connectivity index (χ3v) is 6.14. The molecule has 6 N–H and O–H groups in total. The molecule has 9 nitrogen and oxygen atoms in total. The molecule has 2 aromatic heterocycles. The first-order valence-electron chi connectivity index (χ1n) is 10.3. The van der Waals surface area contributed by atoms with Crippen LogP contribution in [0.3, 0.4) is 0 Å². The monoisotopic (exact) mass is 451 g/mol. The van der Waals surface area contributed by atoms with E-state index in [9.17, 15) is 9.59 Å². The molecule has 1 aliphatic rings. The van der Waals surface area contributed by atoms with Crippen molar-refractivity contribution in [1.29, 1.82) is 0 Å². The predicted molar refractivity (Wildman–Crippen MR) is 125 cm³/mol.